The normalized spacial score (nSPS) is 19.9. The maximum atomic E-state index is 15.2. The van der Waals surface area contributed by atoms with E-state index in [2.05, 4.69) is 97.5 Å². The highest BCUT2D eigenvalue weighted by atomic mass is 32.2. The van der Waals surface area contributed by atoms with Crippen LogP contribution in [0.1, 0.15) is 196 Å². The van der Waals surface area contributed by atoms with Crippen molar-refractivity contribution in [2.45, 2.75) is 205 Å². The topological polar surface area (TPSA) is 481 Å². The van der Waals surface area contributed by atoms with Crippen LogP contribution in [0.4, 0.5) is 56.3 Å². The van der Waals surface area contributed by atoms with Gasteiger partial charge in [0.1, 0.15) is 91.8 Å². The van der Waals surface area contributed by atoms with E-state index in [0.29, 0.717) is 144 Å². The molecule has 12 heterocycles. The Morgan fingerprint density at radius 2 is 0.965 bits per heavy atom. The number of carbonyl (C=O) groups is 3. The lowest BCUT2D eigenvalue weighted by molar-refractivity contribution is 0.0487. The first-order chi connectivity index (χ1) is 83.7. The second-order valence-corrected chi connectivity index (χ2v) is 42.8. The monoisotopic (exact) mass is 2060 g/mol. The molecule has 6 fully saturated rings. The summed E-state index contributed by atoms with van der Waals surface area (Å²) in [6.45, 7) is 26.4. The zero-order valence-electron chi connectivity index (χ0n) is 115. The Balaban J connectivity index is -0.00000105. The summed E-state index contributed by atoms with van der Waals surface area (Å²) in [6, 6.07) is 22.6. The molecule has 3 saturated heterocycles. The van der Waals surface area contributed by atoms with Gasteiger partial charge >= 0.3 is 30.3 Å². The minimum Gasteiger partial charge on any atom is -0.505 e. The Labute approximate surface area is 872 Å². The van der Waals surface area contributed by atoms with Gasteiger partial charge in [0.25, 0.3) is 5.16 Å². The van der Waals surface area contributed by atoms with Gasteiger partial charge in [-0.05, 0) is 217 Å². The molecular formula is C99H154F3N23O15S2. The van der Waals surface area contributed by atoms with Crippen molar-refractivity contribution in [3.63, 3.8) is 0 Å². The number of carbonyl (C=O) groups excluding carboxylic acids is 3. The zero-order chi connectivity index (χ0) is 135. The predicted octanol–water partition coefficient (Wildman–Crippen LogP) is 21.3. The maximum absolute atomic E-state index is 15.2. The van der Waals surface area contributed by atoms with Gasteiger partial charge < -0.3 is 84.7 Å². The summed E-state index contributed by atoms with van der Waals surface area (Å²) in [6.07, 6.45) is 13.7. The SMILES string of the molecule is C.CC(C)(C)OC(=O)N[C@@H]1CC2C[C@@H]1CN2.CNc1cc(F)cc2c1[nH]c1nc(Oc3cnc(C)nc3)nc(N3C[C@H]4CC3C[C@H]4N)c12.COc1ccc(CS(=O)(=O)c2nc(S(=O)(=O)Cc3ccc(OC)cc3)c3c(n2)[nH]c2c(N(C)C(=O)OC(C)(C)C)cc(F)cc23)cc1.Cc1ncc(O)cn1.Cc1ncc(Oc2nc(N3C[C@H]4CC3C[C@H]4C)c3c(n2)[nH]c2c(N(C)C(=O)OC(C)(C)C)cc(F)cc23)cn1.[2HH].[2H][2H].[2H][2H].[2H][2H].[2H][2H].[2H][2H].[2H][2H].[2H][2H].[2H][2H].[2H][2H].[2H][2H].[2H][2H].[2H][2H].[2H][2H].[2H][2H].[2H][2H].[2H][2H].[2H][2H]. The third-order valence-electron chi connectivity index (χ3n) is 25.1. The van der Waals surface area contributed by atoms with Crippen LogP contribution in [0.3, 0.4) is 0 Å². The smallest absolute Gasteiger partial charge is 0.414 e. The lowest BCUT2D eigenvalue weighted by Crippen LogP contribution is -2.45. The van der Waals surface area contributed by atoms with E-state index in [4.69, 9.17) is 104 Å². The quantitative estimate of drug-likeness (QED) is 0.0225. The van der Waals surface area contributed by atoms with Crippen molar-refractivity contribution in [3.05, 3.63) is 168 Å². The highest BCUT2D eigenvalue weighted by molar-refractivity contribution is 7.91. The number of aromatic nitrogens is 15. The number of rotatable bonds is 18. The molecule has 3 amide bonds. The zero-order valence-corrected chi connectivity index (χ0v) is 83.0. The molecule has 9 N–H and O–H groups in total. The first-order valence-electron chi connectivity index (χ1n) is 63.0. The number of nitrogens with one attached hydrogen (secondary N) is 6. The third kappa shape index (κ3) is 23.0. The summed E-state index contributed by atoms with van der Waals surface area (Å²) < 4.78 is 309. The Bertz CT molecular complexity index is 7380. The Kier molecular flexibility index (Phi) is 23.4. The number of amides is 3. The maximum Gasteiger partial charge on any atom is 0.414 e. The summed E-state index contributed by atoms with van der Waals surface area (Å²) >= 11 is 0. The van der Waals surface area contributed by atoms with Gasteiger partial charge in [-0.15, -0.1) is 0 Å². The number of hydrogen-bond acceptors (Lipinski definition) is 32. The van der Waals surface area contributed by atoms with Crippen LogP contribution in [0.15, 0.2) is 132 Å². The fourth-order valence-electron chi connectivity index (χ4n) is 18.6. The molecule has 6 aliphatic rings. The van der Waals surface area contributed by atoms with Gasteiger partial charge in [0.2, 0.25) is 19.7 Å². The molecule has 5 aromatic carbocycles. The van der Waals surface area contributed by atoms with Crippen LogP contribution in [-0.4, -0.2) is 217 Å². The van der Waals surface area contributed by atoms with Crippen LogP contribution >= 0.6 is 0 Å². The molecule has 142 heavy (non-hydrogen) atoms. The first-order valence-corrected chi connectivity index (χ1v) is 49.3. The Hall–Kier alpha value is -14.2. The number of halogens is 3. The van der Waals surface area contributed by atoms with Crippen molar-refractivity contribution >= 4 is 132 Å². The van der Waals surface area contributed by atoms with Crippen LogP contribution < -0.4 is 60.2 Å². The molecule has 0 spiro atoms. The number of anilines is 5. The lowest BCUT2D eigenvalue weighted by atomic mass is 9.97. The van der Waals surface area contributed by atoms with E-state index < -0.39 is 82.0 Å². The molecule has 38 nitrogen and oxygen atoms in total. The van der Waals surface area contributed by atoms with Crippen molar-refractivity contribution in [3.8, 4) is 40.8 Å². The van der Waals surface area contributed by atoms with E-state index in [1.807, 2.05) is 20.8 Å². The predicted molar refractivity (Wildman–Crippen MR) is 570 cm³/mol. The van der Waals surface area contributed by atoms with Crippen LogP contribution in [-0.2, 0) is 45.4 Å². The number of sulfone groups is 2. The van der Waals surface area contributed by atoms with Crippen LogP contribution in [0.5, 0.6) is 40.8 Å². The standard InChI is InChI=1S/C32H33FN4O8S2.C28H32FN7O3.C22H23FN8O.C11H20N2O2.C5H6N2O.CH4.18H2/c1-32(2,3)45-31(38)37(4)25-16-21(33)15-24-26-28(34-27(24)25)35-30(47(41,42)18-20-9-13-23(44-6)14-10-20)36-29(26)46(39,40)17-19-7-11-22(43-5)12-8-19;1-14-7-18-8-16(14)13-36(18)25-22-20-9-17(29)10-21(35(6)27(37)39-28(3,4)5)23(20)32-24(22)33-26(34-25)38-19-11-30-15(2)31-12-19;1-10-26-7-14(8-27-10)32-22-29-20-18(15-4-12(23)5-17(25-2)19(15)28-20)21(30-22)31-9-11-3-13(31)6-16(11)24;1-11(2,3)15-10(14)13-9-5-8-4-7(9)6-12-8;1-4-6-2-5(8)3-7-4;;;;;;;;;;;;;;;;;;;/h7-16H,17-18H2,1-6H3,(H,34,35,36);9-12,14,16,18H,7-8,13H2,1-6H3,(H,32,33,34);4-5,7-8,11,13,16,25H,3,6,9,24H2,1-2H3,(H,28,29,30);7-9,12H,4-6H2,1-3H3,(H,13,14);2-3,8H,1H3;1H4;18*1H/t;14-,16-,18?;11-,13?,16-;7-,8?,9-;;;;;;;;;;;;;;;;;;;;/m.111..................../s1/i;;;;;;17*1+1D;1+1. The molecule has 14 aromatic rings. The number of nitrogens with zero attached hydrogens (tertiary/aromatic N) is 16. The van der Waals surface area contributed by atoms with Gasteiger partial charge in [-0.25, -0.2) is 84.3 Å². The highest BCUT2D eigenvalue weighted by Crippen LogP contribution is 2.49. The molecule has 0 radical (unpaired) electrons. The van der Waals surface area contributed by atoms with E-state index >= 15 is 8.78 Å². The van der Waals surface area contributed by atoms with E-state index in [9.17, 15) is 35.6 Å². The Morgan fingerprint density at radius 3 is 1.37 bits per heavy atom. The summed E-state index contributed by atoms with van der Waals surface area (Å²) in [5.74, 6) is 4.92. The highest BCUT2D eigenvalue weighted by Gasteiger charge is 2.47. The van der Waals surface area contributed by atoms with Crippen molar-refractivity contribution in [2.75, 3.05) is 79.9 Å². The molecule has 9 atom stereocenters. The van der Waals surface area contributed by atoms with Crippen LogP contribution in [0.25, 0.3) is 65.8 Å². The average Bonchev–Trinajstić information content (AvgIpc) is 1.58. The van der Waals surface area contributed by atoms with Gasteiger partial charge in [-0.1, -0.05) is 38.6 Å². The number of aryl methyl sites for hydroxylation is 3. The van der Waals surface area contributed by atoms with Crippen molar-refractivity contribution in [1.29, 1.82) is 0 Å². The molecule has 3 aliphatic carbocycles. The van der Waals surface area contributed by atoms with Crippen molar-refractivity contribution in [1.82, 2.24) is 85.4 Å². The number of methoxy groups -OCH3 is 2. The number of H-pyrrole nitrogens is 3. The number of aromatic hydroxyl groups is 1. The number of piperidine rings is 3. The minimum atomic E-state index is -4.39. The number of hydrogen-bond donors (Lipinski definition) is 8. The first kappa shape index (κ1) is 81.5. The molecule has 9 aromatic heterocycles. The number of ether oxygens (including phenoxy) is 7. The second kappa shape index (κ2) is 40.8. The van der Waals surface area contributed by atoms with Gasteiger partial charge in [-0.3, -0.25) is 9.80 Å². The number of alkyl carbamates (subject to hydrolysis) is 1. The molecule has 3 saturated carbocycles. The fourth-order valence-corrected chi connectivity index (χ4v) is 21.3. The van der Waals surface area contributed by atoms with Crippen LogP contribution in [0, 0.1) is 61.9 Å². The third-order valence-corrected chi connectivity index (χ3v) is 28.2. The largest absolute Gasteiger partial charge is 0.505 e. The van der Waals surface area contributed by atoms with Gasteiger partial charge in [-0.2, -0.15) is 19.9 Å². The van der Waals surface area contributed by atoms with E-state index in [0.717, 1.165) is 90.9 Å². The molecule has 43 heteroatoms. The van der Waals surface area contributed by atoms with Gasteiger partial charge in [0.05, 0.1) is 113 Å². The van der Waals surface area contributed by atoms with E-state index in [1.54, 1.807) is 150 Å². The summed E-state index contributed by atoms with van der Waals surface area (Å²) in [4.78, 5) is 105. The van der Waals surface area contributed by atoms with E-state index in [1.165, 1.54) is 69.2 Å². The number of aromatic amines is 3. The molecule has 788 valence electrons. The molecule has 3 unspecified atom stereocenters. The van der Waals surface area contributed by atoms with E-state index in [-0.39, 0.29) is 72.2 Å². The van der Waals surface area contributed by atoms with Crippen LogP contribution in [0.2, 0.25) is 0 Å². The molecule has 20 rings (SSSR count). The van der Waals surface area contributed by atoms with Crippen molar-refractivity contribution < 1.29 is 135 Å². The number of fused-ring (bicyclic) bond motifs is 15. The average molecular weight is 2060 g/mol. The molecule has 3 aliphatic heterocycles. The molecule has 6 bridgehead atoms. The van der Waals surface area contributed by atoms with Gasteiger partial charge in [0.15, 0.2) is 22.3 Å². The number of nitrogens with two attached hydrogens (primary N) is 1. The Morgan fingerprint density at radius 1 is 0.535 bits per heavy atom. The molecular weight excluding hydrogens is 1870 g/mol. The second-order valence-electron chi connectivity index (χ2n) is 39.1. The fraction of sp³-hybridized carbons (Fsp3) is 0.424. The van der Waals surface area contributed by atoms with Gasteiger partial charge in [0, 0.05) is 139 Å². The van der Waals surface area contributed by atoms with Crippen molar-refractivity contribution in [2.24, 2.45) is 29.4 Å². The summed E-state index contributed by atoms with van der Waals surface area (Å²) in [7, 11) is -1.07. The summed E-state index contributed by atoms with van der Waals surface area (Å²) in [5, 5.41) is 19.4. The lowest BCUT2D eigenvalue weighted by Gasteiger charge is -2.31. The summed E-state index contributed by atoms with van der Waals surface area (Å²) in [5.41, 5.74) is 8.43. The number of benzene rings is 5. The minimum absolute atomic E-state index is 0.